The molecular weight excluding hydrogens is 268 g/mol. The summed E-state index contributed by atoms with van der Waals surface area (Å²) in [7, 11) is 0. The Morgan fingerprint density at radius 3 is 2.38 bits per heavy atom. The van der Waals surface area contributed by atoms with Gasteiger partial charge in [-0.3, -0.25) is 4.79 Å². The molecule has 5 nitrogen and oxygen atoms in total. The van der Waals surface area contributed by atoms with E-state index in [1.54, 1.807) is 0 Å². The SMILES string of the molecule is O=C(CCC1CCCCN1)NC1(C(=O)O)CCCCCC1. The number of carbonyl (C=O) groups excluding carboxylic acids is 1. The molecule has 0 aromatic carbocycles. The Bertz CT molecular complexity index is 357. The van der Waals surface area contributed by atoms with Crippen LogP contribution in [0.2, 0.25) is 0 Å². The van der Waals surface area contributed by atoms with Gasteiger partial charge in [0, 0.05) is 12.5 Å². The van der Waals surface area contributed by atoms with Crippen molar-refractivity contribution in [3.05, 3.63) is 0 Å². The average molecular weight is 296 g/mol. The van der Waals surface area contributed by atoms with Crippen LogP contribution in [0.1, 0.15) is 70.6 Å². The second-order valence-corrected chi connectivity index (χ2v) is 6.54. The molecular formula is C16H28N2O3. The number of piperidine rings is 1. The third-order valence-corrected chi connectivity index (χ3v) is 4.88. The number of carboxylic acids is 1. The van der Waals surface area contributed by atoms with Gasteiger partial charge in [-0.15, -0.1) is 0 Å². The predicted molar refractivity (Wildman–Crippen MR) is 81.1 cm³/mol. The summed E-state index contributed by atoms with van der Waals surface area (Å²) in [6.07, 6.45) is 9.82. The molecule has 0 bridgehead atoms. The topological polar surface area (TPSA) is 78.4 Å². The fraction of sp³-hybridized carbons (Fsp3) is 0.875. The highest BCUT2D eigenvalue weighted by Crippen LogP contribution is 2.27. The number of nitrogens with one attached hydrogen (secondary N) is 2. The van der Waals surface area contributed by atoms with Gasteiger partial charge in [-0.25, -0.2) is 4.79 Å². The molecule has 2 aliphatic rings. The van der Waals surface area contributed by atoms with Gasteiger partial charge < -0.3 is 15.7 Å². The van der Waals surface area contributed by atoms with Crippen molar-refractivity contribution in [2.24, 2.45) is 0 Å². The summed E-state index contributed by atoms with van der Waals surface area (Å²) < 4.78 is 0. The van der Waals surface area contributed by atoms with E-state index in [-0.39, 0.29) is 5.91 Å². The van der Waals surface area contributed by atoms with E-state index >= 15 is 0 Å². The van der Waals surface area contributed by atoms with Crippen molar-refractivity contribution >= 4 is 11.9 Å². The molecule has 1 aliphatic heterocycles. The number of amides is 1. The van der Waals surface area contributed by atoms with Crippen LogP contribution in [-0.4, -0.2) is 35.1 Å². The molecule has 1 atom stereocenters. The van der Waals surface area contributed by atoms with Crippen molar-refractivity contribution in [1.29, 1.82) is 0 Å². The molecule has 0 aromatic heterocycles. The highest BCUT2D eigenvalue weighted by atomic mass is 16.4. The lowest BCUT2D eigenvalue weighted by Gasteiger charge is -2.30. The number of hydrogen-bond donors (Lipinski definition) is 3. The van der Waals surface area contributed by atoms with Crippen LogP contribution in [0.25, 0.3) is 0 Å². The maximum Gasteiger partial charge on any atom is 0.329 e. The van der Waals surface area contributed by atoms with Gasteiger partial charge in [-0.1, -0.05) is 32.1 Å². The van der Waals surface area contributed by atoms with E-state index in [0.717, 1.165) is 45.1 Å². The first kappa shape index (κ1) is 16.3. The molecule has 120 valence electrons. The van der Waals surface area contributed by atoms with Crippen LogP contribution in [0.15, 0.2) is 0 Å². The first-order valence-corrected chi connectivity index (χ1v) is 8.40. The number of carboxylic acid groups (broad SMARTS) is 1. The van der Waals surface area contributed by atoms with Crippen molar-refractivity contribution in [3.8, 4) is 0 Å². The lowest BCUT2D eigenvalue weighted by Crippen LogP contribution is -2.54. The minimum atomic E-state index is -1.02. The van der Waals surface area contributed by atoms with Crippen LogP contribution in [0, 0.1) is 0 Å². The van der Waals surface area contributed by atoms with E-state index in [9.17, 15) is 14.7 Å². The monoisotopic (exact) mass is 296 g/mol. The van der Waals surface area contributed by atoms with Gasteiger partial charge in [-0.2, -0.15) is 0 Å². The Morgan fingerprint density at radius 1 is 1.10 bits per heavy atom. The summed E-state index contributed by atoms with van der Waals surface area (Å²) in [5.41, 5.74) is -1.02. The van der Waals surface area contributed by atoms with Gasteiger partial charge in [0.05, 0.1) is 0 Å². The van der Waals surface area contributed by atoms with Crippen LogP contribution in [0.3, 0.4) is 0 Å². The summed E-state index contributed by atoms with van der Waals surface area (Å²) in [5, 5.41) is 15.8. The van der Waals surface area contributed by atoms with E-state index < -0.39 is 11.5 Å². The Morgan fingerprint density at radius 2 is 1.81 bits per heavy atom. The molecule has 3 N–H and O–H groups in total. The van der Waals surface area contributed by atoms with E-state index in [1.165, 1.54) is 12.8 Å². The lowest BCUT2D eigenvalue weighted by atomic mass is 9.89. The lowest BCUT2D eigenvalue weighted by molar-refractivity contribution is -0.148. The number of hydrogen-bond acceptors (Lipinski definition) is 3. The fourth-order valence-corrected chi connectivity index (χ4v) is 3.53. The van der Waals surface area contributed by atoms with Crippen molar-refractivity contribution < 1.29 is 14.7 Å². The van der Waals surface area contributed by atoms with Gasteiger partial charge in [0.1, 0.15) is 5.54 Å². The predicted octanol–water partition coefficient (Wildman–Crippen LogP) is 2.20. The molecule has 2 fully saturated rings. The molecule has 21 heavy (non-hydrogen) atoms. The summed E-state index contributed by atoms with van der Waals surface area (Å²) in [6, 6.07) is 0.416. The fourth-order valence-electron chi connectivity index (χ4n) is 3.53. The van der Waals surface area contributed by atoms with Crippen LogP contribution < -0.4 is 10.6 Å². The minimum absolute atomic E-state index is 0.105. The number of carbonyl (C=O) groups is 2. The summed E-state index contributed by atoms with van der Waals surface area (Å²) in [4.78, 5) is 23.8. The van der Waals surface area contributed by atoms with E-state index in [1.807, 2.05) is 0 Å². The van der Waals surface area contributed by atoms with Crippen LogP contribution >= 0.6 is 0 Å². The molecule has 1 heterocycles. The van der Waals surface area contributed by atoms with Crippen molar-refractivity contribution in [2.45, 2.75) is 82.2 Å². The van der Waals surface area contributed by atoms with Gasteiger partial charge in [-0.05, 0) is 38.6 Å². The van der Waals surface area contributed by atoms with Crippen molar-refractivity contribution in [3.63, 3.8) is 0 Å². The molecule has 0 aromatic rings. The standard InChI is InChI=1S/C16H28N2O3/c19-14(9-8-13-7-3-6-12-17-13)18-16(15(20)21)10-4-1-2-5-11-16/h13,17H,1-12H2,(H,18,19)(H,20,21). The number of rotatable bonds is 5. The first-order chi connectivity index (χ1) is 10.1. The normalized spacial score (nSPS) is 25.8. The molecule has 1 unspecified atom stereocenters. The molecule has 1 saturated heterocycles. The third kappa shape index (κ3) is 4.70. The maximum atomic E-state index is 12.2. The molecule has 5 heteroatoms. The molecule has 1 aliphatic carbocycles. The zero-order valence-electron chi connectivity index (χ0n) is 12.8. The second kappa shape index (κ2) is 7.78. The minimum Gasteiger partial charge on any atom is -0.480 e. The van der Waals surface area contributed by atoms with Gasteiger partial charge >= 0.3 is 5.97 Å². The zero-order valence-corrected chi connectivity index (χ0v) is 12.8. The summed E-state index contributed by atoms with van der Waals surface area (Å²) >= 11 is 0. The molecule has 2 rings (SSSR count). The maximum absolute atomic E-state index is 12.2. The van der Waals surface area contributed by atoms with Crippen molar-refractivity contribution in [2.75, 3.05) is 6.54 Å². The number of aliphatic carboxylic acids is 1. The van der Waals surface area contributed by atoms with Crippen molar-refractivity contribution in [1.82, 2.24) is 10.6 Å². The van der Waals surface area contributed by atoms with Crippen LogP contribution in [0.5, 0.6) is 0 Å². The van der Waals surface area contributed by atoms with E-state index in [0.29, 0.717) is 25.3 Å². The van der Waals surface area contributed by atoms with E-state index in [2.05, 4.69) is 10.6 Å². The molecule has 1 saturated carbocycles. The van der Waals surface area contributed by atoms with Gasteiger partial charge in [0.15, 0.2) is 0 Å². The summed E-state index contributed by atoms with van der Waals surface area (Å²) in [5.74, 6) is -0.972. The van der Waals surface area contributed by atoms with Crippen LogP contribution in [-0.2, 0) is 9.59 Å². The molecule has 0 spiro atoms. The highest BCUT2D eigenvalue weighted by molar-refractivity contribution is 5.87. The Balaban J connectivity index is 1.84. The first-order valence-electron chi connectivity index (χ1n) is 8.40. The van der Waals surface area contributed by atoms with E-state index in [4.69, 9.17) is 0 Å². The average Bonchev–Trinajstić information content (AvgIpc) is 2.73. The van der Waals surface area contributed by atoms with Gasteiger partial charge in [0.2, 0.25) is 5.91 Å². The van der Waals surface area contributed by atoms with Crippen LogP contribution in [0.4, 0.5) is 0 Å². The highest BCUT2D eigenvalue weighted by Gasteiger charge is 2.39. The molecule has 1 amide bonds. The third-order valence-electron chi connectivity index (χ3n) is 4.88. The Hall–Kier alpha value is -1.10. The largest absolute Gasteiger partial charge is 0.480 e. The van der Waals surface area contributed by atoms with Gasteiger partial charge in [0.25, 0.3) is 0 Å². The zero-order chi connectivity index (χ0) is 15.1. The smallest absolute Gasteiger partial charge is 0.329 e. The summed E-state index contributed by atoms with van der Waals surface area (Å²) in [6.45, 7) is 1.03. The Kier molecular flexibility index (Phi) is 6.03. The second-order valence-electron chi connectivity index (χ2n) is 6.54. The Labute approximate surface area is 126 Å². The molecule has 0 radical (unpaired) electrons. The quantitative estimate of drug-likeness (QED) is 0.680.